The maximum atomic E-state index is 12.8. The molecule has 1 aromatic carbocycles. The molecule has 1 aromatic rings. The van der Waals surface area contributed by atoms with Crippen molar-refractivity contribution in [3.05, 3.63) is 47.0 Å². The van der Waals surface area contributed by atoms with Gasteiger partial charge in [-0.3, -0.25) is 4.79 Å². The van der Waals surface area contributed by atoms with Crippen LogP contribution in [0.4, 0.5) is 0 Å². The lowest BCUT2D eigenvalue weighted by molar-refractivity contribution is -0.301. The van der Waals surface area contributed by atoms with Gasteiger partial charge in [0.05, 0.1) is 17.8 Å². The summed E-state index contributed by atoms with van der Waals surface area (Å²) in [6.45, 7) is 6.78. The summed E-state index contributed by atoms with van der Waals surface area (Å²) in [7, 11) is 0. The van der Waals surface area contributed by atoms with E-state index < -0.39 is 36.3 Å². The van der Waals surface area contributed by atoms with E-state index in [1.54, 1.807) is 6.92 Å². The molecule has 0 spiro atoms. The van der Waals surface area contributed by atoms with E-state index in [0.717, 1.165) is 56.9 Å². The normalized spacial score (nSPS) is 45.1. The summed E-state index contributed by atoms with van der Waals surface area (Å²) >= 11 is 0. The van der Waals surface area contributed by atoms with Crippen molar-refractivity contribution in [1.29, 1.82) is 0 Å². The molecular formula is C35H51NO8. The molecule has 4 fully saturated rings. The zero-order valence-corrected chi connectivity index (χ0v) is 26.3. The number of hydrogen-bond donors (Lipinski definition) is 6. The average Bonchev–Trinajstić information content (AvgIpc) is 3.30. The summed E-state index contributed by atoms with van der Waals surface area (Å²) in [6, 6.07) is 7.89. The van der Waals surface area contributed by atoms with E-state index in [2.05, 4.69) is 31.3 Å². The van der Waals surface area contributed by atoms with Crippen molar-refractivity contribution in [3.8, 4) is 0 Å². The molecule has 0 aromatic heterocycles. The van der Waals surface area contributed by atoms with Crippen molar-refractivity contribution in [2.75, 3.05) is 13.2 Å². The molecule has 3 saturated carbocycles. The van der Waals surface area contributed by atoms with Crippen molar-refractivity contribution in [2.45, 2.75) is 127 Å². The van der Waals surface area contributed by atoms with Crippen molar-refractivity contribution in [2.24, 2.45) is 22.7 Å². The number of carbonyl (C=O) groups is 1. The maximum absolute atomic E-state index is 12.8. The van der Waals surface area contributed by atoms with Crippen LogP contribution >= 0.6 is 0 Å². The molecule has 1 amide bonds. The molecule has 4 aliphatic carbocycles. The maximum Gasteiger partial charge on any atom is 0.251 e. The average molecular weight is 614 g/mol. The topological polar surface area (TPSA) is 149 Å². The number of ether oxygens (including phenoxy) is 2. The van der Waals surface area contributed by atoms with E-state index in [1.165, 1.54) is 5.57 Å². The second kappa shape index (κ2) is 12.1. The fourth-order valence-corrected chi connectivity index (χ4v) is 9.89. The summed E-state index contributed by atoms with van der Waals surface area (Å²) in [5.41, 5.74) is 1.99. The van der Waals surface area contributed by atoms with Gasteiger partial charge in [-0.1, -0.05) is 37.6 Å². The lowest BCUT2D eigenvalue weighted by Crippen LogP contribution is -2.60. The number of aliphatic hydroxyl groups excluding tert-OH is 4. The zero-order valence-electron chi connectivity index (χ0n) is 26.3. The first-order chi connectivity index (χ1) is 20.9. The van der Waals surface area contributed by atoms with Gasteiger partial charge in [0.1, 0.15) is 18.3 Å². The summed E-state index contributed by atoms with van der Waals surface area (Å²) in [6.07, 6.45) is 4.13. The third kappa shape index (κ3) is 5.17. The Morgan fingerprint density at radius 2 is 1.82 bits per heavy atom. The standard InChI is InChI=1S/C35H51NO8/c1-20-28(38)29(39)30(40)32(43-20)44-24-10-13-33(2)23(19-24)8-9-27-26(33)11-14-34(3)25(12-15-35(27,34)42)21-6-4-7-22(18-21)31(41)36-16-5-17-37/h4,6-7,18-20,24-30,32,37-40,42H,5,8-17H2,1-3H3,(H,36,41)/t20-,24-,25+,26-,27+,28-,29+,30+,32-,33-,34+,35-/m0/s1. The molecule has 0 radical (unpaired) electrons. The summed E-state index contributed by atoms with van der Waals surface area (Å²) in [4.78, 5) is 12.8. The fourth-order valence-electron chi connectivity index (χ4n) is 9.89. The Morgan fingerprint density at radius 1 is 1.02 bits per heavy atom. The predicted molar refractivity (Wildman–Crippen MR) is 164 cm³/mol. The highest BCUT2D eigenvalue weighted by Gasteiger charge is 2.66. The number of aliphatic hydroxyl groups is 5. The Balaban J connectivity index is 1.18. The highest BCUT2D eigenvalue weighted by Crippen LogP contribution is 2.70. The molecule has 9 nitrogen and oxygen atoms in total. The van der Waals surface area contributed by atoms with Gasteiger partial charge in [-0.05, 0) is 106 Å². The van der Waals surface area contributed by atoms with Gasteiger partial charge >= 0.3 is 0 Å². The molecule has 244 valence electrons. The van der Waals surface area contributed by atoms with E-state index in [9.17, 15) is 25.2 Å². The first-order valence-corrected chi connectivity index (χ1v) is 16.7. The van der Waals surface area contributed by atoms with Crippen LogP contribution in [0.15, 0.2) is 35.9 Å². The minimum atomic E-state index is -1.32. The largest absolute Gasteiger partial charge is 0.396 e. The van der Waals surface area contributed by atoms with Crippen LogP contribution < -0.4 is 5.32 Å². The van der Waals surface area contributed by atoms with Gasteiger partial charge in [-0.25, -0.2) is 0 Å². The van der Waals surface area contributed by atoms with Gasteiger partial charge < -0.3 is 40.3 Å². The van der Waals surface area contributed by atoms with Gasteiger partial charge in [0, 0.05) is 24.1 Å². The number of amides is 1. The molecule has 44 heavy (non-hydrogen) atoms. The first kappa shape index (κ1) is 32.1. The van der Waals surface area contributed by atoms with Gasteiger partial charge in [0.25, 0.3) is 5.91 Å². The van der Waals surface area contributed by atoms with Crippen molar-refractivity contribution in [1.82, 2.24) is 5.32 Å². The van der Waals surface area contributed by atoms with Crippen molar-refractivity contribution < 1.29 is 39.8 Å². The number of rotatable bonds is 7. The van der Waals surface area contributed by atoms with Crippen LogP contribution in [0, 0.1) is 22.7 Å². The molecule has 6 rings (SSSR count). The minimum absolute atomic E-state index is 0.0421. The summed E-state index contributed by atoms with van der Waals surface area (Å²) in [5, 5.41) is 55.4. The number of carbonyl (C=O) groups excluding carboxylic acids is 1. The van der Waals surface area contributed by atoms with Crippen LogP contribution in [0.3, 0.4) is 0 Å². The third-order valence-electron chi connectivity index (χ3n) is 12.5. The van der Waals surface area contributed by atoms with Gasteiger partial charge in [0.2, 0.25) is 0 Å². The van der Waals surface area contributed by atoms with E-state index in [-0.39, 0.29) is 41.3 Å². The molecule has 0 bridgehead atoms. The second-order valence-corrected chi connectivity index (χ2v) is 14.7. The SMILES string of the molecule is C[C@@H]1O[C@@H](O[C@@H]2C=C3CC[C@@H]4[C@H](CC[C@]5(C)[C@@H](c6cccc(C(=O)NCCCO)c6)CC[C@]45O)[C@@]3(C)CC2)[C@H](O)[C@H](O)[C@H]1O. The molecule has 1 heterocycles. The molecule has 6 N–H and O–H groups in total. The minimum Gasteiger partial charge on any atom is -0.396 e. The van der Waals surface area contributed by atoms with Crippen LogP contribution in [0.25, 0.3) is 0 Å². The molecule has 12 atom stereocenters. The van der Waals surface area contributed by atoms with Crippen molar-refractivity contribution >= 4 is 5.91 Å². The predicted octanol–water partition coefficient (Wildman–Crippen LogP) is 3.17. The Morgan fingerprint density at radius 3 is 2.59 bits per heavy atom. The highest BCUT2D eigenvalue weighted by atomic mass is 16.7. The van der Waals surface area contributed by atoms with E-state index >= 15 is 0 Å². The van der Waals surface area contributed by atoms with Gasteiger partial charge in [0.15, 0.2) is 6.29 Å². The number of benzene rings is 1. The zero-order chi connectivity index (χ0) is 31.4. The number of allylic oxidation sites excluding steroid dienone is 1. The first-order valence-electron chi connectivity index (χ1n) is 16.7. The summed E-state index contributed by atoms with van der Waals surface area (Å²) in [5.74, 6) is 0.592. The highest BCUT2D eigenvalue weighted by molar-refractivity contribution is 5.94. The molecular weight excluding hydrogens is 562 g/mol. The van der Waals surface area contributed by atoms with Crippen LogP contribution in [0.1, 0.15) is 100 Å². The van der Waals surface area contributed by atoms with Crippen LogP contribution in [0.5, 0.6) is 0 Å². The molecule has 5 aliphatic rings. The monoisotopic (exact) mass is 613 g/mol. The van der Waals surface area contributed by atoms with Crippen LogP contribution in [-0.4, -0.2) is 87.0 Å². The quantitative estimate of drug-likeness (QED) is 0.203. The Bertz CT molecular complexity index is 1250. The third-order valence-corrected chi connectivity index (χ3v) is 12.5. The lowest BCUT2D eigenvalue weighted by Gasteiger charge is -2.62. The van der Waals surface area contributed by atoms with Crippen LogP contribution in [0.2, 0.25) is 0 Å². The summed E-state index contributed by atoms with van der Waals surface area (Å²) < 4.78 is 11.9. The van der Waals surface area contributed by atoms with Gasteiger partial charge in [-0.2, -0.15) is 0 Å². The van der Waals surface area contributed by atoms with E-state index in [1.807, 2.05) is 18.2 Å². The smallest absolute Gasteiger partial charge is 0.251 e. The van der Waals surface area contributed by atoms with Crippen molar-refractivity contribution in [3.63, 3.8) is 0 Å². The van der Waals surface area contributed by atoms with Crippen LogP contribution in [-0.2, 0) is 9.47 Å². The lowest BCUT2D eigenvalue weighted by atomic mass is 9.45. The van der Waals surface area contributed by atoms with Gasteiger partial charge in [-0.15, -0.1) is 0 Å². The molecule has 1 saturated heterocycles. The second-order valence-electron chi connectivity index (χ2n) is 14.7. The fraction of sp³-hybridized carbons (Fsp3) is 0.743. The number of fused-ring (bicyclic) bond motifs is 5. The Labute approximate surface area is 260 Å². The number of hydrogen-bond acceptors (Lipinski definition) is 8. The number of nitrogens with one attached hydrogen (secondary N) is 1. The Hall–Kier alpha value is -1.85. The van der Waals surface area contributed by atoms with E-state index in [4.69, 9.17) is 14.6 Å². The molecule has 1 aliphatic heterocycles. The molecule has 0 unspecified atom stereocenters. The van der Waals surface area contributed by atoms with E-state index in [0.29, 0.717) is 24.4 Å². The Kier molecular flexibility index (Phi) is 8.80. The molecule has 9 heteroatoms.